The molecule has 0 aliphatic heterocycles. The summed E-state index contributed by atoms with van der Waals surface area (Å²) in [5, 5.41) is 26.9. The number of primary amides is 1. The summed E-state index contributed by atoms with van der Waals surface area (Å²) in [5.41, 5.74) is 23.0. The monoisotopic (exact) mass is 612 g/mol. The van der Waals surface area contributed by atoms with Gasteiger partial charge in [-0.1, -0.05) is 42.5 Å². The zero-order chi connectivity index (χ0) is 32.6. The first-order valence-corrected chi connectivity index (χ1v) is 13.9. The van der Waals surface area contributed by atoms with E-state index in [1.807, 2.05) is 0 Å². The van der Waals surface area contributed by atoms with Crippen LogP contribution in [0.5, 0.6) is 5.75 Å². The molecular weight excluding hydrogens is 572 g/mol. The molecule has 44 heavy (non-hydrogen) atoms. The first kappa shape index (κ1) is 35.0. The van der Waals surface area contributed by atoms with E-state index in [1.54, 1.807) is 30.3 Å². The number of phenols is 1. The summed E-state index contributed by atoms with van der Waals surface area (Å²) in [6.45, 7) is 0.245. The molecule has 0 saturated carbocycles. The second-order valence-corrected chi connectivity index (χ2v) is 10.1. The first-order chi connectivity index (χ1) is 20.8. The van der Waals surface area contributed by atoms with Crippen LogP contribution >= 0.6 is 0 Å². The molecule has 0 radical (unpaired) electrons. The minimum atomic E-state index is -1.36. The molecular formula is C29H40N8O7. The number of guanidine groups is 1. The van der Waals surface area contributed by atoms with Crippen molar-refractivity contribution in [2.24, 2.45) is 27.9 Å². The number of carbonyl (C=O) groups excluding carboxylic acids is 4. The number of nitrogens with two attached hydrogens (primary N) is 4. The highest BCUT2D eigenvalue weighted by Gasteiger charge is 2.31. The van der Waals surface area contributed by atoms with Crippen LogP contribution in [-0.2, 0) is 36.8 Å². The molecule has 238 valence electrons. The molecule has 2 aromatic rings. The van der Waals surface area contributed by atoms with Crippen molar-refractivity contribution < 1.29 is 34.2 Å². The van der Waals surface area contributed by atoms with Crippen molar-refractivity contribution in [1.82, 2.24) is 16.0 Å². The zero-order valence-electron chi connectivity index (χ0n) is 24.1. The van der Waals surface area contributed by atoms with Gasteiger partial charge in [0.15, 0.2) is 5.96 Å². The Hall–Kier alpha value is -5.18. The molecule has 0 saturated heterocycles. The fourth-order valence-electron chi connectivity index (χ4n) is 4.16. The Bertz CT molecular complexity index is 1300. The average molecular weight is 613 g/mol. The Morgan fingerprint density at radius 1 is 0.727 bits per heavy atom. The van der Waals surface area contributed by atoms with Crippen LogP contribution in [-0.4, -0.2) is 76.5 Å². The van der Waals surface area contributed by atoms with Gasteiger partial charge in [-0.25, -0.2) is 4.79 Å². The maximum Gasteiger partial charge on any atom is 0.326 e. The molecule has 4 atom stereocenters. The number of amides is 4. The van der Waals surface area contributed by atoms with Gasteiger partial charge in [-0.3, -0.25) is 24.2 Å². The highest BCUT2D eigenvalue weighted by atomic mass is 16.4. The Morgan fingerprint density at radius 2 is 1.27 bits per heavy atom. The number of carbonyl (C=O) groups is 5. The lowest BCUT2D eigenvalue weighted by Crippen LogP contribution is -2.58. The lowest BCUT2D eigenvalue weighted by atomic mass is 10.0. The fourth-order valence-corrected chi connectivity index (χ4v) is 4.16. The molecule has 15 heteroatoms. The molecule has 13 N–H and O–H groups in total. The largest absolute Gasteiger partial charge is 0.508 e. The Balaban J connectivity index is 2.21. The quantitative estimate of drug-likeness (QED) is 0.0526. The van der Waals surface area contributed by atoms with Gasteiger partial charge in [0.25, 0.3) is 0 Å². The van der Waals surface area contributed by atoms with Crippen molar-refractivity contribution >= 4 is 35.6 Å². The smallest absolute Gasteiger partial charge is 0.326 e. The maximum atomic E-state index is 13.4. The van der Waals surface area contributed by atoms with Crippen LogP contribution in [0.2, 0.25) is 0 Å². The van der Waals surface area contributed by atoms with Gasteiger partial charge in [0.05, 0.1) is 6.04 Å². The molecule has 0 heterocycles. The standard InChI is InChI=1S/C29H40N8O7/c30-20(7-4-14-34-29(32)33)25(40)35-21(12-13-24(31)39)26(41)36-22(15-17-5-2-1-3-6-17)27(42)37-23(28(43)44)16-18-8-10-19(38)11-9-18/h1-3,5-6,8-11,20-23,38H,4,7,12-16,30H2,(H2,31,39)(H,35,40)(H,36,41)(H,37,42)(H,43,44)(H4,32,33,34). The minimum absolute atomic E-state index is 0.000165. The van der Waals surface area contributed by atoms with Crippen LogP contribution in [0.15, 0.2) is 59.6 Å². The molecule has 0 aliphatic carbocycles. The summed E-state index contributed by atoms with van der Waals surface area (Å²) < 4.78 is 0. The number of rotatable bonds is 18. The highest BCUT2D eigenvalue weighted by Crippen LogP contribution is 2.12. The summed E-state index contributed by atoms with van der Waals surface area (Å²) in [5.74, 6) is -4.38. The van der Waals surface area contributed by atoms with Gasteiger partial charge in [-0.2, -0.15) is 0 Å². The van der Waals surface area contributed by atoms with E-state index in [1.165, 1.54) is 24.3 Å². The van der Waals surface area contributed by atoms with Crippen LogP contribution < -0.4 is 38.9 Å². The fraction of sp³-hybridized carbons (Fsp3) is 0.379. The number of nitrogens with one attached hydrogen (secondary N) is 3. The molecule has 0 aliphatic rings. The van der Waals surface area contributed by atoms with Crippen molar-refractivity contribution in [3.63, 3.8) is 0 Å². The van der Waals surface area contributed by atoms with E-state index in [0.29, 0.717) is 17.5 Å². The molecule has 15 nitrogen and oxygen atoms in total. The lowest BCUT2D eigenvalue weighted by molar-refractivity contribution is -0.142. The number of aromatic hydroxyl groups is 1. The highest BCUT2D eigenvalue weighted by molar-refractivity contribution is 5.94. The van der Waals surface area contributed by atoms with Gasteiger partial charge < -0.3 is 49.1 Å². The first-order valence-electron chi connectivity index (χ1n) is 13.9. The maximum absolute atomic E-state index is 13.4. The Labute approximate surface area is 254 Å². The van der Waals surface area contributed by atoms with E-state index >= 15 is 0 Å². The van der Waals surface area contributed by atoms with Gasteiger partial charge in [0.2, 0.25) is 23.6 Å². The molecule has 0 spiro atoms. The third-order valence-corrected chi connectivity index (χ3v) is 6.52. The van der Waals surface area contributed by atoms with Crippen LogP contribution in [0.1, 0.15) is 36.8 Å². The van der Waals surface area contributed by atoms with Crippen molar-refractivity contribution in [3.05, 3.63) is 65.7 Å². The van der Waals surface area contributed by atoms with Crippen molar-refractivity contribution in [2.75, 3.05) is 6.54 Å². The predicted molar refractivity (Wildman–Crippen MR) is 162 cm³/mol. The summed E-state index contributed by atoms with van der Waals surface area (Å²) >= 11 is 0. The van der Waals surface area contributed by atoms with Gasteiger partial charge >= 0.3 is 5.97 Å². The Morgan fingerprint density at radius 3 is 1.86 bits per heavy atom. The Kier molecular flexibility index (Phi) is 14.1. The van der Waals surface area contributed by atoms with Gasteiger partial charge in [0, 0.05) is 25.8 Å². The van der Waals surface area contributed by atoms with E-state index in [0.717, 1.165) is 0 Å². The second kappa shape index (κ2) is 17.7. The van der Waals surface area contributed by atoms with Crippen molar-refractivity contribution in [3.8, 4) is 5.75 Å². The molecule has 0 aromatic heterocycles. The summed E-state index contributed by atoms with van der Waals surface area (Å²) in [4.78, 5) is 66.9. The van der Waals surface area contributed by atoms with Crippen LogP contribution in [0, 0.1) is 0 Å². The van der Waals surface area contributed by atoms with E-state index in [9.17, 15) is 34.2 Å². The molecule has 2 aromatic carbocycles. The van der Waals surface area contributed by atoms with E-state index < -0.39 is 53.8 Å². The molecule has 4 amide bonds. The average Bonchev–Trinajstić information content (AvgIpc) is 2.97. The van der Waals surface area contributed by atoms with E-state index in [2.05, 4.69) is 20.9 Å². The van der Waals surface area contributed by atoms with Crippen LogP contribution in [0.25, 0.3) is 0 Å². The van der Waals surface area contributed by atoms with Gasteiger partial charge in [-0.05, 0) is 42.5 Å². The topological polar surface area (TPSA) is 278 Å². The predicted octanol–water partition coefficient (Wildman–Crippen LogP) is -1.64. The minimum Gasteiger partial charge on any atom is -0.508 e. The third-order valence-electron chi connectivity index (χ3n) is 6.52. The summed E-state index contributed by atoms with van der Waals surface area (Å²) in [6, 6.07) is 9.62. The molecule has 2 rings (SSSR count). The SMILES string of the molecule is NC(=O)CCC(NC(=O)C(N)CCCN=C(N)N)C(=O)NC(Cc1ccccc1)C(=O)NC(Cc1ccc(O)cc1)C(=O)O. The number of benzene rings is 2. The van der Waals surface area contributed by atoms with Crippen LogP contribution in [0.3, 0.4) is 0 Å². The number of aliphatic imine (C=N–C) groups is 1. The second-order valence-electron chi connectivity index (χ2n) is 10.1. The normalized spacial score (nSPS) is 13.4. The van der Waals surface area contributed by atoms with Crippen molar-refractivity contribution in [2.45, 2.75) is 62.7 Å². The van der Waals surface area contributed by atoms with Gasteiger partial charge in [-0.15, -0.1) is 0 Å². The number of hydrogen-bond acceptors (Lipinski definition) is 8. The number of carboxylic acid groups (broad SMARTS) is 1. The van der Waals surface area contributed by atoms with E-state index in [4.69, 9.17) is 22.9 Å². The number of carboxylic acids is 1. The third kappa shape index (κ3) is 12.8. The number of hydrogen-bond donors (Lipinski definition) is 9. The number of nitrogens with zero attached hydrogens (tertiary/aromatic N) is 1. The summed E-state index contributed by atoms with van der Waals surface area (Å²) in [7, 11) is 0. The number of aliphatic carboxylic acids is 1. The zero-order valence-corrected chi connectivity index (χ0v) is 24.1. The number of phenolic OH excluding ortho intramolecular Hbond substituents is 1. The lowest BCUT2D eigenvalue weighted by Gasteiger charge is -2.25. The molecule has 0 fully saturated rings. The molecule has 4 unspecified atom stereocenters. The molecule has 0 bridgehead atoms. The summed E-state index contributed by atoms with van der Waals surface area (Å²) in [6.07, 6.45) is 0.0615. The van der Waals surface area contributed by atoms with Gasteiger partial charge in [0.1, 0.15) is 23.9 Å². The van der Waals surface area contributed by atoms with Crippen LogP contribution in [0.4, 0.5) is 0 Å². The van der Waals surface area contributed by atoms with Crippen molar-refractivity contribution in [1.29, 1.82) is 0 Å². The van der Waals surface area contributed by atoms with E-state index in [-0.39, 0.29) is 50.4 Å².